The van der Waals surface area contributed by atoms with Crippen LogP contribution in [-0.2, 0) is 18.4 Å². The predicted octanol–water partition coefficient (Wildman–Crippen LogP) is 0.948. The second kappa shape index (κ2) is 4.70. The SMILES string of the molecule is CNC(C)(C)C(=O)NCc1ccc(C)n1C. The van der Waals surface area contributed by atoms with Crippen molar-refractivity contribution in [2.75, 3.05) is 7.05 Å². The van der Waals surface area contributed by atoms with Crippen LogP contribution in [-0.4, -0.2) is 23.1 Å². The molecule has 0 saturated carbocycles. The fourth-order valence-corrected chi connectivity index (χ4v) is 1.35. The molecule has 0 saturated heterocycles. The number of rotatable bonds is 4. The van der Waals surface area contributed by atoms with Gasteiger partial charge in [-0.25, -0.2) is 0 Å². The summed E-state index contributed by atoms with van der Waals surface area (Å²) >= 11 is 0. The van der Waals surface area contributed by atoms with Crippen LogP contribution in [0.25, 0.3) is 0 Å². The number of aromatic nitrogens is 1. The first-order chi connectivity index (χ1) is 7.38. The van der Waals surface area contributed by atoms with E-state index in [-0.39, 0.29) is 5.91 Å². The summed E-state index contributed by atoms with van der Waals surface area (Å²) in [5.41, 5.74) is 1.77. The van der Waals surface area contributed by atoms with Gasteiger partial charge in [-0.15, -0.1) is 0 Å². The molecule has 0 aliphatic carbocycles. The number of aryl methyl sites for hydroxylation is 1. The molecule has 1 amide bonds. The molecule has 2 N–H and O–H groups in total. The summed E-state index contributed by atoms with van der Waals surface area (Å²) in [6.45, 7) is 6.33. The van der Waals surface area contributed by atoms with E-state index in [1.54, 1.807) is 7.05 Å². The van der Waals surface area contributed by atoms with Gasteiger partial charge >= 0.3 is 0 Å². The normalized spacial score (nSPS) is 11.6. The Balaban J connectivity index is 2.59. The Morgan fingerprint density at radius 3 is 2.50 bits per heavy atom. The van der Waals surface area contributed by atoms with Crippen molar-refractivity contribution >= 4 is 5.91 Å². The summed E-state index contributed by atoms with van der Waals surface area (Å²) in [5.74, 6) is 0.00820. The van der Waals surface area contributed by atoms with E-state index in [0.717, 1.165) is 5.69 Å². The Kier molecular flexibility index (Phi) is 3.75. The first kappa shape index (κ1) is 12.8. The van der Waals surface area contributed by atoms with E-state index in [4.69, 9.17) is 0 Å². The molecule has 90 valence electrons. The van der Waals surface area contributed by atoms with Crippen molar-refractivity contribution in [3.8, 4) is 0 Å². The minimum atomic E-state index is -0.528. The van der Waals surface area contributed by atoms with E-state index in [2.05, 4.69) is 15.2 Å². The van der Waals surface area contributed by atoms with E-state index >= 15 is 0 Å². The van der Waals surface area contributed by atoms with E-state index in [0.29, 0.717) is 6.54 Å². The minimum absolute atomic E-state index is 0.00820. The molecule has 0 radical (unpaired) electrons. The summed E-state index contributed by atoms with van der Waals surface area (Å²) in [5, 5.41) is 5.90. The summed E-state index contributed by atoms with van der Waals surface area (Å²) in [7, 11) is 3.78. The van der Waals surface area contributed by atoms with E-state index in [9.17, 15) is 4.79 Å². The molecule has 0 aliphatic heterocycles. The molecule has 0 spiro atoms. The Morgan fingerprint density at radius 2 is 2.06 bits per heavy atom. The maximum Gasteiger partial charge on any atom is 0.240 e. The van der Waals surface area contributed by atoms with Gasteiger partial charge in [-0.2, -0.15) is 0 Å². The van der Waals surface area contributed by atoms with Crippen LogP contribution in [0, 0.1) is 6.92 Å². The number of nitrogens with zero attached hydrogens (tertiary/aromatic N) is 1. The standard InChI is InChI=1S/C12H21N3O/c1-9-6-7-10(15(9)5)8-14-11(16)12(2,3)13-4/h6-7,13H,8H2,1-5H3,(H,14,16). The van der Waals surface area contributed by atoms with E-state index in [1.165, 1.54) is 5.69 Å². The zero-order valence-electron chi connectivity index (χ0n) is 10.7. The third kappa shape index (κ3) is 2.64. The Labute approximate surface area is 97.0 Å². The molecule has 4 nitrogen and oxygen atoms in total. The van der Waals surface area contributed by atoms with Gasteiger partial charge in [0.05, 0.1) is 12.1 Å². The van der Waals surface area contributed by atoms with Crippen LogP contribution in [0.5, 0.6) is 0 Å². The highest BCUT2D eigenvalue weighted by molar-refractivity contribution is 5.85. The second-order valence-electron chi connectivity index (χ2n) is 4.58. The van der Waals surface area contributed by atoms with Gasteiger partial charge in [0.2, 0.25) is 5.91 Å². The van der Waals surface area contributed by atoms with Crippen molar-refractivity contribution in [3.63, 3.8) is 0 Å². The van der Waals surface area contributed by atoms with Gasteiger partial charge in [-0.1, -0.05) is 0 Å². The molecule has 0 unspecified atom stereocenters. The molecule has 1 rings (SSSR count). The predicted molar refractivity (Wildman–Crippen MR) is 65.1 cm³/mol. The topological polar surface area (TPSA) is 46.1 Å². The van der Waals surface area contributed by atoms with Gasteiger partial charge in [0, 0.05) is 18.4 Å². The van der Waals surface area contributed by atoms with Crippen LogP contribution >= 0.6 is 0 Å². The molecular weight excluding hydrogens is 202 g/mol. The third-order valence-corrected chi connectivity index (χ3v) is 3.10. The molecular formula is C12H21N3O. The van der Waals surface area contributed by atoms with Crippen molar-refractivity contribution in [2.45, 2.75) is 32.9 Å². The molecule has 0 fully saturated rings. The summed E-state index contributed by atoms with van der Waals surface area (Å²) in [4.78, 5) is 11.8. The molecule has 0 atom stereocenters. The molecule has 0 aromatic carbocycles. The first-order valence-corrected chi connectivity index (χ1v) is 5.47. The van der Waals surface area contributed by atoms with Crippen molar-refractivity contribution in [1.29, 1.82) is 0 Å². The van der Waals surface area contributed by atoms with E-state index in [1.807, 2.05) is 40.0 Å². The van der Waals surface area contributed by atoms with Crippen molar-refractivity contribution in [1.82, 2.24) is 15.2 Å². The lowest BCUT2D eigenvalue weighted by Gasteiger charge is -2.22. The molecule has 1 heterocycles. The minimum Gasteiger partial charge on any atom is -0.350 e. The highest BCUT2D eigenvalue weighted by Crippen LogP contribution is 2.06. The quantitative estimate of drug-likeness (QED) is 0.798. The highest BCUT2D eigenvalue weighted by Gasteiger charge is 2.24. The number of amides is 1. The summed E-state index contributed by atoms with van der Waals surface area (Å²) in [6, 6.07) is 4.08. The highest BCUT2D eigenvalue weighted by atomic mass is 16.2. The first-order valence-electron chi connectivity index (χ1n) is 5.47. The number of nitrogens with one attached hydrogen (secondary N) is 2. The van der Waals surface area contributed by atoms with Gasteiger partial charge in [0.25, 0.3) is 0 Å². The second-order valence-corrected chi connectivity index (χ2v) is 4.58. The van der Waals surface area contributed by atoms with Gasteiger partial charge in [-0.05, 0) is 40.0 Å². The van der Waals surface area contributed by atoms with Gasteiger partial charge in [0.15, 0.2) is 0 Å². The molecule has 1 aromatic rings. The molecule has 0 aliphatic rings. The third-order valence-electron chi connectivity index (χ3n) is 3.10. The number of carbonyl (C=O) groups is 1. The fraction of sp³-hybridized carbons (Fsp3) is 0.583. The smallest absolute Gasteiger partial charge is 0.240 e. The lowest BCUT2D eigenvalue weighted by molar-refractivity contribution is -0.126. The monoisotopic (exact) mass is 223 g/mol. The molecule has 4 heteroatoms. The lowest BCUT2D eigenvalue weighted by atomic mass is 10.1. The Morgan fingerprint density at radius 1 is 1.44 bits per heavy atom. The average Bonchev–Trinajstić information content (AvgIpc) is 2.56. The zero-order chi connectivity index (χ0) is 12.3. The van der Waals surface area contributed by atoms with Crippen molar-refractivity contribution in [3.05, 3.63) is 23.5 Å². The maximum absolute atomic E-state index is 11.8. The Bertz CT molecular complexity index is 380. The number of likely N-dealkylation sites (N-methyl/N-ethyl adjacent to an activating group) is 1. The molecule has 0 bridgehead atoms. The van der Waals surface area contributed by atoms with Crippen LogP contribution in [0.1, 0.15) is 25.2 Å². The van der Waals surface area contributed by atoms with Crippen LogP contribution in [0.4, 0.5) is 0 Å². The van der Waals surface area contributed by atoms with Crippen LogP contribution < -0.4 is 10.6 Å². The van der Waals surface area contributed by atoms with E-state index < -0.39 is 5.54 Å². The largest absolute Gasteiger partial charge is 0.350 e. The number of hydrogen-bond donors (Lipinski definition) is 2. The fourth-order valence-electron chi connectivity index (χ4n) is 1.35. The van der Waals surface area contributed by atoms with Gasteiger partial charge < -0.3 is 15.2 Å². The maximum atomic E-state index is 11.8. The molecule has 16 heavy (non-hydrogen) atoms. The number of carbonyl (C=O) groups excluding carboxylic acids is 1. The van der Waals surface area contributed by atoms with Gasteiger partial charge in [-0.3, -0.25) is 4.79 Å². The van der Waals surface area contributed by atoms with Gasteiger partial charge in [0.1, 0.15) is 0 Å². The zero-order valence-corrected chi connectivity index (χ0v) is 10.7. The Hall–Kier alpha value is -1.29. The summed E-state index contributed by atoms with van der Waals surface area (Å²) < 4.78 is 2.08. The van der Waals surface area contributed by atoms with Crippen molar-refractivity contribution < 1.29 is 4.79 Å². The summed E-state index contributed by atoms with van der Waals surface area (Å²) in [6.07, 6.45) is 0. The van der Waals surface area contributed by atoms with Crippen LogP contribution in [0.3, 0.4) is 0 Å². The van der Waals surface area contributed by atoms with Crippen molar-refractivity contribution in [2.24, 2.45) is 7.05 Å². The average molecular weight is 223 g/mol. The van der Waals surface area contributed by atoms with Crippen LogP contribution in [0.15, 0.2) is 12.1 Å². The number of hydrogen-bond acceptors (Lipinski definition) is 2. The molecule has 1 aromatic heterocycles. The van der Waals surface area contributed by atoms with Crippen LogP contribution in [0.2, 0.25) is 0 Å². The lowest BCUT2D eigenvalue weighted by Crippen LogP contribution is -2.50.